The van der Waals surface area contributed by atoms with Gasteiger partial charge in [-0.05, 0) is 25.7 Å². The summed E-state index contributed by atoms with van der Waals surface area (Å²) in [7, 11) is 0. The first kappa shape index (κ1) is 12.5. The van der Waals surface area contributed by atoms with E-state index in [0.29, 0.717) is 18.3 Å². The van der Waals surface area contributed by atoms with Crippen LogP contribution in [0.15, 0.2) is 5.38 Å². The van der Waals surface area contributed by atoms with Gasteiger partial charge in [0.05, 0.1) is 11.7 Å². The maximum Gasteiger partial charge on any atom is 0.243 e. The third-order valence-corrected chi connectivity index (χ3v) is 3.80. The molecule has 0 saturated carbocycles. The lowest BCUT2D eigenvalue weighted by Crippen LogP contribution is -2.43. The van der Waals surface area contributed by atoms with Crippen LogP contribution in [-0.4, -0.2) is 30.1 Å². The second kappa shape index (κ2) is 5.57. The highest BCUT2D eigenvalue weighted by molar-refractivity contribution is 7.13. The zero-order chi connectivity index (χ0) is 12.3. The highest BCUT2D eigenvalue weighted by atomic mass is 32.1. The van der Waals surface area contributed by atoms with Gasteiger partial charge in [0, 0.05) is 18.6 Å². The highest BCUT2D eigenvalue weighted by Gasteiger charge is 2.26. The standard InChI is InChI=1S/C11H17N3O2S/c1-7-6-17-11(13-7)14-10(15)9(12)8-2-4-16-5-3-8/h6,8-9H,2-5,12H2,1H3,(H,13,14,15). The number of thiazole rings is 1. The van der Waals surface area contributed by atoms with Crippen molar-refractivity contribution in [2.45, 2.75) is 25.8 Å². The molecule has 1 amide bonds. The van der Waals surface area contributed by atoms with Crippen molar-refractivity contribution in [1.82, 2.24) is 4.98 Å². The molecule has 17 heavy (non-hydrogen) atoms. The minimum Gasteiger partial charge on any atom is -0.381 e. The molecule has 1 aromatic rings. The number of aryl methyl sites for hydroxylation is 1. The van der Waals surface area contributed by atoms with Crippen LogP contribution in [0.25, 0.3) is 0 Å². The van der Waals surface area contributed by atoms with Gasteiger partial charge in [0.2, 0.25) is 5.91 Å². The van der Waals surface area contributed by atoms with Gasteiger partial charge in [-0.3, -0.25) is 4.79 Å². The molecule has 2 rings (SSSR count). The van der Waals surface area contributed by atoms with E-state index in [1.165, 1.54) is 11.3 Å². The van der Waals surface area contributed by atoms with Gasteiger partial charge in [-0.2, -0.15) is 0 Å². The second-order valence-electron chi connectivity index (χ2n) is 4.26. The fourth-order valence-electron chi connectivity index (χ4n) is 1.89. The van der Waals surface area contributed by atoms with Gasteiger partial charge in [-0.25, -0.2) is 4.98 Å². The molecule has 1 saturated heterocycles. The molecule has 0 radical (unpaired) electrons. The Hall–Kier alpha value is -0.980. The number of rotatable bonds is 3. The molecule has 1 unspecified atom stereocenters. The first-order chi connectivity index (χ1) is 8.16. The fourth-order valence-corrected chi connectivity index (χ4v) is 2.58. The number of nitrogens with two attached hydrogens (primary N) is 1. The summed E-state index contributed by atoms with van der Waals surface area (Å²) in [6.45, 7) is 3.29. The summed E-state index contributed by atoms with van der Waals surface area (Å²) in [4.78, 5) is 16.1. The molecule has 0 aromatic carbocycles. The number of amides is 1. The largest absolute Gasteiger partial charge is 0.381 e. The maximum absolute atomic E-state index is 11.9. The predicted octanol–water partition coefficient (Wildman–Crippen LogP) is 1.14. The Labute approximate surface area is 104 Å². The molecule has 0 spiro atoms. The van der Waals surface area contributed by atoms with Gasteiger partial charge in [0.25, 0.3) is 0 Å². The molecule has 0 bridgehead atoms. The predicted molar refractivity (Wildman–Crippen MR) is 67.0 cm³/mol. The van der Waals surface area contributed by atoms with E-state index >= 15 is 0 Å². The van der Waals surface area contributed by atoms with Crippen molar-refractivity contribution in [1.29, 1.82) is 0 Å². The quantitative estimate of drug-likeness (QED) is 0.849. The van der Waals surface area contributed by atoms with E-state index < -0.39 is 6.04 Å². The number of carbonyl (C=O) groups excluding carboxylic acids is 1. The van der Waals surface area contributed by atoms with Crippen LogP contribution in [0, 0.1) is 12.8 Å². The number of aromatic nitrogens is 1. The van der Waals surface area contributed by atoms with Gasteiger partial charge in [0.15, 0.2) is 5.13 Å². The number of carbonyl (C=O) groups is 1. The van der Waals surface area contributed by atoms with E-state index in [9.17, 15) is 4.79 Å². The van der Waals surface area contributed by atoms with Crippen LogP contribution >= 0.6 is 11.3 Å². The minimum absolute atomic E-state index is 0.147. The fraction of sp³-hybridized carbons (Fsp3) is 0.636. The van der Waals surface area contributed by atoms with Crippen LogP contribution in [0.3, 0.4) is 0 Å². The molecular formula is C11H17N3O2S. The van der Waals surface area contributed by atoms with Crippen LogP contribution in [0.1, 0.15) is 18.5 Å². The average molecular weight is 255 g/mol. The summed E-state index contributed by atoms with van der Waals surface area (Å²) in [5, 5.41) is 5.28. The van der Waals surface area contributed by atoms with Crippen LogP contribution in [0.5, 0.6) is 0 Å². The lowest BCUT2D eigenvalue weighted by atomic mass is 9.92. The third-order valence-electron chi connectivity index (χ3n) is 2.93. The van der Waals surface area contributed by atoms with Crippen LogP contribution in [0.2, 0.25) is 0 Å². The molecule has 3 N–H and O–H groups in total. The summed E-state index contributed by atoms with van der Waals surface area (Å²) in [5.74, 6) is 0.0658. The van der Waals surface area contributed by atoms with Crippen molar-refractivity contribution in [2.75, 3.05) is 18.5 Å². The van der Waals surface area contributed by atoms with Crippen molar-refractivity contribution in [3.05, 3.63) is 11.1 Å². The van der Waals surface area contributed by atoms with Gasteiger partial charge in [0.1, 0.15) is 0 Å². The SMILES string of the molecule is Cc1csc(NC(=O)C(N)C2CCOCC2)n1. The molecule has 1 fully saturated rings. The average Bonchev–Trinajstić information content (AvgIpc) is 2.75. The van der Waals surface area contributed by atoms with E-state index in [-0.39, 0.29) is 11.8 Å². The van der Waals surface area contributed by atoms with E-state index in [1.54, 1.807) is 0 Å². The molecular weight excluding hydrogens is 238 g/mol. The summed E-state index contributed by atoms with van der Waals surface area (Å²) in [6.07, 6.45) is 1.71. The number of nitrogens with zero attached hydrogens (tertiary/aromatic N) is 1. The monoisotopic (exact) mass is 255 g/mol. The van der Waals surface area contributed by atoms with Crippen molar-refractivity contribution in [2.24, 2.45) is 11.7 Å². The molecule has 6 heteroatoms. The Bertz CT molecular complexity index is 388. The number of ether oxygens (including phenoxy) is 1. The van der Waals surface area contributed by atoms with E-state index in [0.717, 1.165) is 18.5 Å². The highest BCUT2D eigenvalue weighted by Crippen LogP contribution is 2.20. The Kier molecular flexibility index (Phi) is 4.09. The topological polar surface area (TPSA) is 77.2 Å². The molecule has 1 aliphatic rings. The normalized spacial score (nSPS) is 18.9. The molecule has 1 aliphatic heterocycles. The Balaban J connectivity index is 1.90. The summed E-state index contributed by atoms with van der Waals surface area (Å²) in [5.41, 5.74) is 6.86. The zero-order valence-corrected chi connectivity index (χ0v) is 10.6. The number of nitrogens with one attached hydrogen (secondary N) is 1. The smallest absolute Gasteiger partial charge is 0.243 e. The van der Waals surface area contributed by atoms with E-state index in [1.807, 2.05) is 12.3 Å². The molecule has 1 aromatic heterocycles. The Morgan fingerprint density at radius 1 is 1.65 bits per heavy atom. The van der Waals surface area contributed by atoms with E-state index in [4.69, 9.17) is 10.5 Å². The minimum atomic E-state index is -0.469. The third kappa shape index (κ3) is 3.24. The molecule has 2 heterocycles. The lowest BCUT2D eigenvalue weighted by Gasteiger charge is -2.26. The van der Waals surface area contributed by atoms with Crippen LogP contribution in [-0.2, 0) is 9.53 Å². The summed E-state index contributed by atoms with van der Waals surface area (Å²) >= 11 is 1.42. The Morgan fingerprint density at radius 2 is 2.35 bits per heavy atom. The number of hydrogen-bond donors (Lipinski definition) is 2. The van der Waals surface area contributed by atoms with Crippen molar-refractivity contribution in [3.8, 4) is 0 Å². The van der Waals surface area contributed by atoms with Gasteiger partial charge in [-0.1, -0.05) is 0 Å². The number of hydrogen-bond acceptors (Lipinski definition) is 5. The van der Waals surface area contributed by atoms with Crippen molar-refractivity contribution in [3.63, 3.8) is 0 Å². The molecule has 1 atom stereocenters. The van der Waals surface area contributed by atoms with Crippen molar-refractivity contribution >= 4 is 22.4 Å². The second-order valence-corrected chi connectivity index (χ2v) is 5.12. The Morgan fingerprint density at radius 3 is 2.94 bits per heavy atom. The van der Waals surface area contributed by atoms with Gasteiger partial charge >= 0.3 is 0 Å². The molecule has 94 valence electrons. The first-order valence-corrected chi connectivity index (χ1v) is 6.61. The molecule has 5 nitrogen and oxygen atoms in total. The maximum atomic E-state index is 11.9. The van der Waals surface area contributed by atoms with Gasteiger partial charge in [-0.15, -0.1) is 11.3 Å². The summed E-state index contributed by atoms with van der Waals surface area (Å²) in [6, 6.07) is -0.469. The van der Waals surface area contributed by atoms with Crippen LogP contribution in [0.4, 0.5) is 5.13 Å². The lowest BCUT2D eigenvalue weighted by molar-refractivity contribution is -0.119. The zero-order valence-electron chi connectivity index (χ0n) is 9.81. The summed E-state index contributed by atoms with van der Waals surface area (Å²) < 4.78 is 5.25. The van der Waals surface area contributed by atoms with Gasteiger partial charge < -0.3 is 15.8 Å². The van der Waals surface area contributed by atoms with Crippen molar-refractivity contribution < 1.29 is 9.53 Å². The number of anilines is 1. The van der Waals surface area contributed by atoms with Crippen LogP contribution < -0.4 is 11.1 Å². The first-order valence-electron chi connectivity index (χ1n) is 5.73. The van der Waals surface area contributed by atoms with E-state index in [2.05, 4.69) is 10.3 Å². The molecule has 0 aliphatic carbocycles.